The average molecular weight is 263 g/mol. The van der Waals surface area contributed by atoms with E-state index in [-0.39, 0.29) is 11.5 Å². The third kappa shape index (κ3) is 2.92. The Bertz CT molecular complexity index is 541. The SMILES string of the molecule is [N-]=[N+]=Nc1cc(F)ccc1[C@H](O)[C@@H]1CCCCC1=O. The fraction of sp³-hybridized carbons (Fsp3) is 0.462. The van der Waals surface area contributed by atoms with Crippen molar-refractivity contribution in [1.29, 1.82) is 0 Å². The number of Topliss-reactive ketones (excluding diaryl/α,β-unsaturated/α-hetero) is 1. The standard InChI is InChI=1S/C13H14FN3O2/c14-8-5-6-9(11(7-8)16-17-15)13(19)10-3-1-2-4-12(10)18/h5-7,10,13,19H,1-4H2/t10-,13+/m1/s1. The van der Waals surface area contributed by atoms with Crippen LogP contribution in [0, 0.1) is 11.7 Å². The van der Waals surface area contributed by atoms with E-state index in [4.69, 9.17) is 5.53 Å². The van der Waals surface area contributed by atoms with Gasteiger partial charge in [-0.3, -0.25) is 4.79 Å². The average Bonchev–Trinajstić information content (AvgIpc) is 2.39. The van der Waals surface area contributed by atoms with Crippen molar-refractivity contribution in [3.8, 4) is 0 Å². The summed E-state index contributed by atoms with van der Waals surface area (Å²) in [4.78, 5) is 14.4. The molecule has 1 saturated carbocycles. The zero-order valence-corrected chi connectivity index (χ0v) is 10.3. The Morgan fingerprint density at radius 1 is 1.47 bits per heavy atom. The van der Waals surface area contributed by atoms with Gasteiger partial charge in [-0.2, -0.15) is 0 Å². The van der Waals surface area contributed by atoms with Gasteiger partial charge in [-0.15, -0.1) is 0 Å². The van der Waals surface area contributed by atoms with E-state index in [9.17, 15) is 14.3 Å². The summed E-state index contributed by atoms with van der Waals surface area (Å²) < 4.78 is 13.1. The first-order valence-corrected chi connectivity index (χ1v) is 6.19. The van der Waals surface area contributed by atoms with Gasteiger partial charge in [-0.25, -0.2) is 4.39 Å². The number of azide groups is 1. The number of carbonyl (C=O) groups is 1. The molecular formula is C13H14FN3O2. The molecule has 0 aromatic heterocycles. The lowest BCUT2D eigenvalue weighted by Gasteiger charge is -2.26. The topological polar surface area (TPSA) is 86.1 Å². The first kappa shape index (κ1) is 13.5. The highest BCUT2D eigenvalue weighted by Gasteiger charge is 2.31. The quantitative estimate of drug-likeness (QED) is 0.513. The Kier molecular flexibility index (Phi) is 4.14. The molecule has 1 aliphatic rings. The minimum Gasteiger partial charge on any atom is -0.388 e. The lowest BCUT2D eigenvalue weighted by molar-refractivity contribution is -0.128. The van der Waals surface area contributed by atoms with Gasteiger partial charge in [0, 0.05) is 22.9 Å². The molecule has 1 N–H and O–H groups in total. The Balaban J connectivity index is 2.34. The van der Waals surface area contributed by atoms with Crippen LogP contribution in [0.5, 0.6) is 0 Å². The summed E-state index contributed by atoms with van der Waals surface area (Å²) in [6.07, 6.45) is 1.74. The molecule has 0 radical (unpaired) electrons. The molecule has 2 rings (SSSR count). The summed E-state index contributed by atoms with van der Waals surface area (Å²) in [5, 5.41) is 13.7. The molecule has 1 aliphatic carbocycles. The molecule has 0 amide bonds. The minimum absolute atomic E-state index is 0.00922. The second kappa shape index (κ2) is 5.82. The van der Waals surface area contributed by atoms with E-state index < -0.39 is 17.8 Å². The molecule has 1 fully saturated rings. The summed E-state index contributed by atoms with van der Waals surface area (Å²) in [7, 11) is 0. The number of halogens is 1. The molecule has 0 heterocycles. The van der Waals surface area contributed by atoms with Crippen molar-refractivity contribution in [3.63, 3.8) is 0 Å². The van der Waals surface area contributed by atoms with Crippen LogP contribution in [0.1, 0.15) is 37.4 Å². The molecule has 6 heteroatoms. The molecule has 0 saturated heterocycles. The third-order valence-electron chi connectivity index (χ3n) is 3.45. The van der Waals surface area contributed by atoms with Gasteiger partial charge in [0.25, 0.3) is 0 Å². The van der Waals surface area contributed by atoms with Crippen molar-refractivity contribution < 1.29 is 14.3 Å². The molecule has 0 unspecified atom stereocenters. The van der Waals surface area contributed by atoms with Crippen LogP contribution >= 0.6 is 0 Å². The lowest BCUT2D eigenvalue weighted by Crippen LogP contribution is -2.25. The van der Waals surface area contributed by atoms with Gasteiger partial charge in [0.15, 0.2) is 0 Å². The van der Waals surface area contributed by atoms with E-state index in [2.05, 4.69) is 10.0 Å². The maximum absolute atomic E-state index is 13.1. The van der Waals surface area contributed by atoms with Crippen molar-refractivity contribution in [2.24, 2.45) is 11.0 Å². The predicted octanol–water partition coefficient (Wildman–Crippen LogP) is 3.56. The van der Waals surface area contributed by atoms with E-state index >= 15 is 0 Å². The Morgan fingerprint density at radius 3 is 2.95 bits per heavy atom. The van der Waals surface area contributed by atoms with Gasteiger partial charge < -0.3 is 5.11 Å². The van der Waals surface area contributed by atoms with Crippen molar-refractivity contribution in [2.75, 3.05) is 0 Å². The fourth-order valence-corrected chi connectivity index (χ4v) is 2.46. The molecular weight excluding hydrogens is 249 g/mol. The molecule has 0 spiro atoms. The lowest BCUT2D eigenvalue weighted by atomic mass is 9.81. The number of rotatable bonds is 3. The number of aliphatic hydroxyl groups excluding tert-OH is 1. The monoisotopic (exact) mass is 263 g/mol. The number of aliphatic hydroxyl groups is 1. The Hall–Kier alpha value is -1.91. The number of nitrogens with zero attached hydrogens (tertiary/aromatic N) is 3. The number of hydrogen-bond acceptors (Lipinski definition) is 3. The van der Waals surface area contributed by atoms with Crippen LogP contribution in [-0.4, -0.2) is 10.9 Å². The van der Waals surface area contributed by atoms with Gasteiger partial charge in [0.2, 0.25) is 0 Å². The van der Waals surface area contributed by atoms with E-state index in [1.54, 1.807) is 0 Å². The molecule has 2 atom stereocenters. The van der Waals surface area contributed by atoms with E-state index in [1.807, 2.05) is 0 Å². The highest BCUT2D eigenvalue weighted by molar-refractivity contribution is 5.82. The number of carbonyl (C=O) groups excluding carboxylic acids is 1. The highest BCUT2D eigenvalue weighted by atomic mass is 19.1. The number of benzene rings is 1. The van der Waals surface area contributed by atoms with E-state index in [0.717, 1.165) is 18.9 Å². The molecule has 1 aromatic carbocycles. The fourth-order valence-electron chi connectivity index (χ4n) is 2.46. The Labute approximate surface area is 109 Å². The summed E-state index contributed by atoms with van der Waals surface area (Å²) >= 11 is 0. The second-order valence-electron chi connectivity index (χ2n) is 4.66. The van der Waals surface area contributed by atoms with Crippen LogP contribution in [0.25, 0.3) is 10.4 Å². The van der Waals surface area contributed by atoms with Gasteiger partial charge in [-0.1, -0.05) is 17.6 Å². The van der Waals surface area contributed by atoms with Gasteiger partial charge in [-0.05, 0) is 36.1 Å². The van der Waals surface area contributed by atoms with Crippen LogP contribution in [0.2, 0.25) is 0 Å². The smallest absolute Gasteiger partial charge is 0.138 e. The molecule has 5 nitrogen and oxygen atoms in total. The van der Waals surface area contributed by atoms with Crippen molar-refractivity contribution in [2.45, 2.75) is 31.8 Å². The third-order valence-corrected chi connectivity index (χ3v) is 3.45. The predicted molar refractivity (Wildman–Crippen MR) is 67.1 cm³/mol. The molecule has 19 heavy (non-hydrogen) atoms. The van der Waals surface area contributed by atoms with Gasteiger partial charge in [0.1, 0.15) is 11.6 Å². The molecule has 100 valence electrons. The molecule has 1 aromatic rings. The number of hydrogen-bond donors (Lipinski definition) is 1. The van der Waals surface area contributed by atoms with Crippen molar-refractivity contribution >= 4 is 11.5 Å². The zero-order valence-electron chi connectivity index (χ0n) is 10.3. The van der Waals surface area contributed by atoms with Crippen LogP contribution in [0.15, 0.2) is 23.3 Å². The Morgan fingerprint density at radius 2 is 2.26 bits per heavy atom. The van der Waals surface area contributed by atoms with Crippen molar-refractivity contribution in [1.82, 2.24) is 0 Å². The zero-order chi connectivity index (χ0) is 13.8. The molecule has 0 bridgehead atoms. The minimum atomic E-state index is -1.05. The largest absolute Gasteiger partial charge is 0.388 e. The van der Waals surface area contributed by atoms with E-state index in [0.29, 0.717) is 18.4 Å². The summed E-state index contributed by atoms with van der Waals surface area (Å²) in [5.74, 6) is -1.03. The second-order valence-corrected chi connectivity index (χ2v) is 4.66. The van der Waals surface area contributed by atoms with Gasteiger partial charge >= 0.3 is 0 Å². The summed E-state index contributed by atoms with van der Waals surface area (Å²) in [5.41, 5.74) is 8.81. The van der Waals surface area contributed by atoms with Crippen LogP contribution < -0.4 is 0 Å². The van der Waals surface area contributed by atoms with E-state index in [1.165, 1.54) is 12.1 Å². The van der Waals surface area contributed by atoms with Gasteiger partial charge in [0.05, 0.1) is 6.10 Å². The maximum atomic E-state index is 13.1. The normalized spacial score (nSPS) is 20.7. The first-order chi connectivity index (χ1) is 9.13. The first-order valence-electron chi connectivity index (χ1n) is 6.19. The summed E-state index contributed by atoms with van der Waals surface area (Å²) in [6.45, 7) is 0. The van der Waals surface area contributed by atoms with Crippen LogP contribution in [0.4, 0.5) is 10.1 Å². The van der Waals surface area contributed by atoms with Crippen LogP contribution in [0.3, 0.4) is 0 Å². The van der Waals surface area contributed by atoms with Crippen LogP contribution in [-0.2, 0) is 4.79 Å². The van der Waals surface area contributed by atoms with Crippen molar-refractivity contribution in [3.05, 3.63) is 40.0 Å². The number of ketones is 1. The molecule has 0 aliphatic heterocycles. The highest BCUT2D eigenvalue weighted by Crippen LogP contribution is 2.36. The summed E-state index contributed by atoms with van der Waals surface area (Å²) in [6, 6.07) is 3.61. The maximum Gasteiger partial charge on any atom is 0.138 e.